The lowest BCUT2D eigenvalue weighted by molar-refractivity contribution is -0.130. The van der Waals surface area contributed by atoms with Crippen LogP contribution in [0.4, 0.5) is 0 Å². The molecule has 0 aliphatic heterocycles. The predicted octanol–water partition coefficient (Wildman–Crippen LogP) is 3.87. The number of carbonyl (C=O) groups excluding carboxylic acids is 4. The molecule has 6 N–H and O–H groups in total. The summed E-state index contributed by atoms with van der Waals surface area (Å²) in [5, 5.41) is 7.22. The van der Waals surface area contributed by atoms with Crippen molar-refractivity contribution >= 4 is 40.5 Å². The number of thiophene rings is 1. The van der Waals surface area contributed by atoms with Crippen LogP contribution in [0.25, 0.3) is 16.7 Å². The van der Waals surface area contributed by atoms with Crippen molar-refractivity contribution in [3.8, 4) is 16.9 Å². The Labute approximate surface area is 266 Å². The molecular formula is C35H36N4O5S. The van der Waals surface area contributed by atoms with Gasteiger partial charge in [-0.05, 0) is 57.8 Å². The van der Waals surface area contributed by atoms with Crippen molar-refractivity contribution in [2.45, 2.75) is 31.8 Å². The van der Waals surface area contributed by atoms with Gasteiger partial charge in [0.25, 0.3) is 5.91 Å². The van der Waals surface area contributed by atoms with E-state index in [1.54, 1.807) is 37.3 Å². The number of benzene rings is 3. The van der Waals surface area contributed by atoms with Gasteiger partial charge in [-0.25, -0.2) is 0 Å². The molecule has 4 rings (SSSR count). The van der Waals surface area contributed by atoms with Gasteiger partial charge in [0.15, 0.2) is 6.61 Å². The number of amides is 4. The summed E-state index contributed by atoms with van der Waals surface area (Å²) in [5.41, 5.74) is 15.2. The molecule has 3 atom stereocenters. The Morgan fingerprint density at radius 3 is 2.00 bits per heavy atom. The minimum absolute atomic E-state index is 0.166. The highest BCUT2D eigenvalue weighted by Crippen LogP contribution is 2.23. The number of nitrogens with two attached hydrogens (primary N) is 2. The Hall–Kier alpha value is -5.22. The third-order valence-corrected chi connectivity index (χ3v) is 8.18. The molecule has 3 aromatic carbocycles. The van der Waals surface area contributed by atoms with Crippen molar-refractivity contribution in [1.29, 1.82) is 0 Å². The van der Waals surface area contributed by atoms with Crippen LogP contribution in [0.5, 0.6) is 5.75 Å². The number of carbonyl (C=O) groups is 4. The number of hydrogen-bond donors (Lipinski definition) is 4. The Morgan fingerprint density at radius 2 is 1.40 bits per heavy atom. The molecule has 0 saturated carbocycles. The maximum absolute atomic E-state index is 13.5. The van der Waals surface area contributed by atoms with Crippen molar-refractivity contribution in [3.63, 3.8) is 0 Å². The molecule has 1 heterocycles. The lowest BCUT2D eigenvalue weighted by Crippen LogP contribution is -2.54. The molecule has 4 aromatic rings. The quantitative estimate of drug-likeness (QED) is 0.158. The van der Waals surface area contributed by atoms with E-state index in [9.17, 15) is 19.2 Å². The molecule has 9 nitrogen and oxygen atoms in total. The standard InChI is InChI=1S/C35H36N4O5S/c1-22(33(36)41)19-24-12-16-28(17-13-24)44-21-31(40)39-32(23(2)30-9-6-18-45-30)35(43)38-29(34(37)42)20-25-10-14-27(15-11-25)26-7-4-3-5-8-26/h3-18,22,29,32H,2,19-21H2,1H3,(H2,36,41)(H2,37,42)(H,38,43)(H,39,40)/t22-,29+,32-/m0/s1. The second-order valence-electron chi connectivity index (χ2n) is 10.7. The predicted molar refractivity (Wildman–Crippen MR) is 176 cm³/mol. The summed E-state index contributed by atoms with van der Waals surface area (Å²) in [6.45, 7) is 5.44. The van der Waals surface area contributed by atoms with Crippen LogP contribution in [0.2, 0.25) is 0 Å². The number of nitrogens with one attached hydrogen (secondary N) is 2. The van der Waals surface area contributed by atoms with Gasteiger partial charge in [-0.3, -0.25) is 19.2 Å². The highest BCUT2D eigenvalue weighted by Gasteiger charge is 2.29. The summed E-state index contributed by atoms with van der Waals surface area (Å²) >= 11 is 1.37. The highest BCUT2D eigenvalue weighted by molar-refractivity contribution is 7.11. The van der Waals surface area contributed by atoms with Crippen molar-refractivity contribution in [2.75, 3.05) is 6.61 Å². The zero-order valence-electron chi connectivity index (χ0n) is 24.9. The number of primary amides is 2. The number of rotatable bonds is 15. The maximum atomic E-state index is 13.5. The molecular weight excluding hydrogens is 588 g/mol. The van der Waals surface area contributed by atoms with E-state index in [0.717, 1.165) is 22.3 Å². The summed E-state index contributed by atoms with van der Waals surface area (Å²) in [6, 6.07) is 25.9. The molecule has 45 heavy (non-hydrogen) atoms. The fraction of sp³-hybridized carbons (Fsp3) is 0.200. The van der Waals surface area contributed by atoms with Gasteiger partial charge in [-0.1, -0.05) is 86.3 Å². The van der Waals surface area contributed by atoms with Crippen LogP contribution in [-0.4, -0.2) is 42.3 Å². The normalized spacial score (nSPS) is 12.7. The number of hydrogen-bond acceptors (Lipinski definition) is 6. The topological polar surface area (TPSA) is 154 Å². The van der Waals surface area contributed by atoms with Gasteiger partial charge in [0, 0.05) is 17.2 Å². The summed E-state index contributed by atoms with van der Waals surface area (Å²) in [7, 11) is 0. The molecule has 1 aromatic heterocycles. The van der Waals surface area contributed by atoms with Crippen molar-refractivity contribution in [2.24, 2.45) is 17.4 Å². The van der Waals surface area contributed by atoms with Gasteiger partial charge in [0.05, 0.1) is 0 Å². The first-order chi connectivity index (χ1) is 21.6. The fourth-order valence-electron chi connectivity index (χ4n) is 4.62. The smallest absolute Gasteiger partial charge is 0.258 e. The van der Waals surface area contributed by atoms with Crippen LogP contribution < -0.4 is 26.8 Å². The first kappa shape index (κ1) is 32.7. The second-order valence-corrected chi connectivity index (χ2v) is 11.6. The largest absolute Gasteiger partial charge is 0.484 e. The molecule has 0 aliphatic rings. The molecule has 232 valence electrons. The van der Waals surface area contributed by atoms with Gasteiger partial charge in [-0.15, -0.1) is 11.3 Å². The molecule has 0 spiro atoms. The first-order valence-corrected chi connectivity index (χ1v) is 15.3. The zero-order chi connectivity index (χ0) is 32.3. The van der Waals surface area contributed by atoms with Crippen LogP contribution >= 0.6 is 11.3 Å². The third-order valence-electron chi connectivity index (χ3n) is 7.24. The second kappa shape index (κ2) is 15.5. The van der Waals surface area contributed by atoms with Gasteiger partial charge >= 0.3 is 0 Å². The van der Waals surface area contributed by atoms with Crippen LogP contribution in [0.1, 0.15) is 22.9 Å². The average molecular weight is 625 g/mol. The van der Waals surface area contributed by atoms with Crippen molar-refractivity contribution < 1.29 is 23.9 Å². The van der Waals surface area contributed by atoms with Crippen molar-refractivity contribution in [3.05, 3.63) is 119 Å². The van der Waals surface area contributed by atoms with E-state index in [2.05, 4.69) is 17.2 Å². The van der Waals surface area contributed by atoms with Crippen LogP contribution in [-0.2, 0) is 32.0 Å². The van der Waals surface area contributed by atoms with Gasteiger partial charge < -0.3 is 26.8 Å². The van der Waals surface area contributed by atoms with Crippen LogP contribution in [0.3, 0.4) is 0 Å². The van der Waals surface area contributed by atoms with E-state index < -0.39 is 29.8 Å². The van der Waals surface area contributed by atoms with Crippen molar-refractivity contribution in [1.82, 2.24) is 10.6 Å². The zero-order valence-corrected chi connectivity index (χ0v) is 25.7. The van der Waals surface area contributed by atoms with E-state index in [4.69, 9.17) is 16.2 Å². The molecule has 0 aliphatic carbocycles. The lowest BCUT2D eigenvalue weighted by Gasteiger charge is -2.23. The monoisotopic (exact) mass is 624 g/mol. The van der Waals surface area contributed by atoms with E-state index in [0.29, 0.717) is 22.6 Å². The Bertz CT molecular complexity index is 1620. The van der Waals surface area contributed by atoms with Gasteiger partial charge in [-0.2, -0.15) is 0 Å². The summed E-state index contributed by atoms with van der Waals surface area (Å²) < 4.78 is 5.63. The molecule has 0 unspecified atom stereocenters. The summed E-state index contributed by atoms with van der Waals surface area (Å²) in [6.07, 6.45) is 0.655. The molecule has 0 saturated heterocycles. The van der Waals surface area contributed by atoms with Crippen LogP contribution in [0.15, 0.2) is 103 Å². The highest BCUT2D eigenvalue weighted by atomic mass is 32.1. The Kier molecular flexibility index (Phi) is 11.3. The SMILES string of the molecule is C=C(c1cccs1)[C@H](NC(=O)COc1ccc(C[C@H](C)C(N)=O)cc1)C(=O)N[C@H](Cc1ccc(-c2ccccc2)cc1)C(N)=O. The first-order valence-electron chi connectivity index (χ1n) is 14.4. The van der Waals surface area contributed by atoms with E-state index in [1.165, 1.54) is 11.3 Å². The molecule has 0 fully saturated rings. The molecule has 0 radical (unpaired) electrons. The molecule has 10 heteroatoms. The number of ether oxygens (including phenoxy) is 1. The van der Waals surface area contributed by atoms with E-state index in [1.807, 2.05) is 66.0 Å². The summed E-state index contributed by atoms with van der Waals surface area (Å²) in [5.74, 6) is -2.15. The van der Waals surface area contributed by atoms with Gasteiger partial charge in [0.2, 0.25) is 17.7 Å². The van der Waals surface area contributed by atoms with Crippen LogP contribution in [0, 0.1) is 5.92 Å². The van der Waals surface area contributed by atoms with E-state index in [-0.39, 0.29) is 24.9 Å². The summed E-state index contributed by atoms with van der Waals surface area (Å²) in [4.78, 5) is 50.9. The molecule has 4 amide bonds. The maximum Gasteiger partial charge on any atom is 0.258 e. The minimum atomic E-state index is -1.18. The fourth-order valence-corrected chi connectivity index (χ4v) is 5.35. The lowest BCUT2D eigenvalue weighted by atomic mass is 9.99. The van der Waals surface area contributed by atoms with E-state index >= 15 is 0 Å². The molecule has 0 bridgehead atoms. The Morgan fingerprint density at radius 1 is 0.778 bits per heavy atom. The average Bonchev–Trinajstić information content (AvgIpc) is 3.58. The third kappa shape index (κ3) is 9.38. The Balaban J connectivity index is 1.41. The van der Waals surface area contributed by atoms with Gasteiger partial charge in [0.1, 0.15) is 17.8 Å². The minimum Gasteiger partial charge on any atom is -0.484 e.